The highest BCUT2D eigenvalue weighted by molar-refractivity contribution is 5.99. The van der Waals surface area contributed by atoms with E-state index in [4.69, 9.17) is 0 Å². The van der Waals surface area contributed by atoms with E-state index in [9.17, 15) is 9.90 Å². The predicted octanol–water partition coefficient (Wildman–Crippen LogP) is 1.42. The van der Waals surface area contributed by atoms with Crippen LogP contribution in [-0.2, 0) is 0 Å². The summed E-state index contributed by atoms with van der Waals surface area (Å²) in [6, 6.07) is 1.90. The molecule has 0 radical (unpaired) electrons. The number of aryl methyl sites for hydroxylation is 1. The second kappa shape index (κ2) is 6.02. The fourth-order valence-corrected chi connectivity index (χ4v) is 2.23. The summed E-state index contributed by atoms with van der Waals surface area (Å²) in [4.78, 5) is 18.3. The standard InChI is InChI=1S/C14H21N3O2/c1-3-5-15-13-7-10(2)16-8-12(13)14(19)17-6-4-11(18)9-17/h7-8,11,18H,3-6,9H2,1-2H3,(H,15,16). The van der Waals surface area contributed by atoms with Gasteiger partial charge in [-0.05, 0) is 25.8 Å². The molecule has 19 heavy (non-hydrogen) atoms. The van der Waals surface area contributed by atoms with Gasteiger partial charge in [-0.25, -0.2) is 0 Å². The summed E-state index contributed by atoms with van der Waals surface area (Å²) in [6.07, 6.45) is 2.88. The minimum Gasteiger partial charge on any atom is -0.391 e. The van der Waals surface area contributed by atoms with Crippen LogP contribution in [-0.4, -0.2) is 46.6 Å². The number of aliphatic hydroxyl groups excluding tert-OH is 1. The van der Waals surface area contributed by atoms with E-state index in [2.05, 4.69) is 17.2 Å². The molecule has 1 aromatic heterocycles. The van der Waals surface area contributed by atoms with Crippen molar-refractivity contribution in [3.8, 4) is 0 Å². The monoisotopic (exact) mass is 263 g/mol. The van der Waals surface area contributed by atoms with Crippen molar-refractivity contribution >= 4 is 11.6 Å². The molecule has 1 saturated heterocycles. The van der Waals surface area contributed by atoms with Gasteiger partial charge in [0, 0.05) is 31.5 Å². The topological polar surface area (TPSA) is 65.5 Å². The van der Waals surface area contributed by atoms with Crippen LogP contribution in [0.3, 0.4) is 0 Å². The lowest BCUT2D eigenvalue weighted by Gasteiger charge is -2.18. The average molecular weight is 263 g/mol. The highest BCUT2D eigenvalue weighted by Gasteiger charge is 2.27. The molecule has 0 aliphatic carbocycles. The summed E-state index contributed by atoms with van der Waals surface area (Å²) >= 11 is 0. The molecule has 1 aliphatic rings. The third-order valence-corrected chi connectivity index (χ3v) is 3.29. The first-order valence-corrected chi connectivity index (χ1v) is 6.79. The first-order chi connectivity index (χ1) is 9.11. The number of carbonyl (C=O) groups is 1. The van der Waals surface area contributed by atoms with E-state index in [1.165, 1.54) is 0 Å². The van der Waals surface area contributed by atoms with Gasteiger partial charge in [0.05, 0.1) is 17.4 Å². The van der Waals surface area contributed by atoms with Crippen molar-refractivity contribution in [3.63, 3.8) is 0 Å². The zero-order valence-corrected chi connectivity index (χ0v) is 11.5. The van der Waals surface area contributed by atoms with Crippen molar-refractivity contribution < 1.29 is 9.90 Å². The van der Waals surface area contributed by atoms with E-state index in [1.54, 1.807) is 11.1 Å². The Labute approximate surface area is 113 Å². The zero-order chi connectivity index (χ0) is 13.8. The smallest absolute Gasteiger partial charge is 0.257 e. The second-order valence-corrected chi connectivity index (χ2v) is 4.99. The number of rotatable bonds is 4. The molecule has 1 aliphatic heterocycles. The number of anilines is 1. The number of nitrogens with zero attached hydrogens (tertiary/aromatic N) is 2. The molecule has 1 atom stereocenters. The van der Waals surface area contributed by atoms with Gasteiger partial charge in [0.15, 0.2) is 0 Å². The molecular weight excluding hydrogens is 242 g/mol. The number of aliphatic hydroxyl groups is 1. The molecule has 1 fully saturated rings. The van der Waals surface area contributed by atoms with Crippen LogP contribution in [0.25, 0.3) is 0 Å². The quantitative estimate of drug-likeness (QED) is 0.862. The minimum absolute atomic E-state index is 0.0531. The molecule has 0 aromatic carbocycles. The van der Waals surface area contributed by atoms with Gasteiger partial charge in [-0.3, -0.25) is 9.78 Å². The Bertz CT molecular complexity index is 462. The van der Waals surface area contributed by atoms with Crippen molar-refractivity contribution in [2.75, 3.05) is 25.0 Å². The molecule has 2 rings (SSSR count). The summed E-state index contributed by atoms with van der Waals surface area (Å²) in [5, 5.41) is 12.8. The van der Waals surface area contributed by atoms with Gasteiger partial charge >= 0.3 is 0 Å². The third-order valence-electron chi connectivity index (χ3n) is 3.29. The highest BCUT2D eigenvalue weighted by Crippen LogP contribution is 2.20. The lowest BCUT2D eigenvalue weighted by molar-refractivity contribution is 0.0765. The predicted molar refractivity (Wildman–Crippen MR) is 74.3 cm³/mol. The van der Waals surface area contributed by atoms with Gasteiger partial charge in [0.1, 0.15) is 0 Å². The molecule has 1 aromatic rings. The Morgan fingerprint density at radius 1 is 1.63 bits per heavy atom. The van der Waals surface area contributed by atoms with Crippen LogP contribution in [0.5, 0.6) is 0 Å². The van der Waals surface area contributed by atoms with E-state index >= 15 is 0 Å². The summed E-state index contributed by atoms with van der Waals surface area (Å²) in [5.74, 6) is -0.0531. The van der Waals surface area contributed by atoms with E-state index in [-0.39, 0.29) is 5.91 Å². The van der Waals surface area contributed by atoms with Gasteiger partial charge in [-0.1, -0.05) is 6.92 Å². The maximum Gasteiger partial charge on any atom is 0.257 e. The Morgan fingerprint density at radius 2 is 2.42 bits per heavy atom. The van der Waals surface area contributed by atoms with Crippen LogP contribution >= 0.6 is 0 Å². The lowest BCUT2D eigenvalue weighted by Crippen LogP contribution is -2.30. The number of β-amino-alcohol motifs (C(OH)–C–C–N with tert-alkyl or cyclic N) is 1. The number of amides is 1. The normalized spacial score (nSPS) is 18.7. The average Bonchev–Trinajstić information content (AvgIpc) is 2.82. The van der Waals surface area contributed by atoms with Crippen molar-refractivity contribution in [2.24, 2.45) is 0 Å². The van der Waals surface area contributed by atoms with E-state index in [1.807, 2.05) is 13.0 Å². The number of likely N-dealkylation sites (tertiary alicyclic amines) is 1. The summed E-state index contributed by atoms with van der Waals surface area (Å²) < 4.78 is 0. The Kier molecular flexibility index (Phi) is 4.37. The molecule has 0 spiro atoms. The number of pyridine rings is 1. The summed E-state index contributed by atoms with van der Waals surface area (Å²) in [7, 11) is 0. The number of nitrogens with one attached hydrogen (secondary N) is 1. The van der Waals surface area contributed by atoms with Crippen LogP contribution in [0, 0.1) is 6.92 Å². The SMILES string of the molecule is CCCNc1cc(C)ncc1C(=O)N1CCC(O)C1. The Hall–Kier alpha value is -1.62. The van der Waals surface area contributed by atoms with Crippen LogP contribution in [0.2, 0.25) is 0 Å². The van der Waals surface area contributed by atoms with Gasteiger partial charge in [0.25, 0.3) is 5.91 Å². The number of carbonyl (C=O) groups excluding carboxylic acids is 1. The highest BCUT2D eigenvalue weighted by atomic mass is 16.3. The van der Waals surface area contributed by atoms with E-state index in [0.717, 1.165) is 24.3 Å². The van der Waals surface area contributed by atoms with Crippen LogP contribution < -0.4 is 5.32 Å². The Balaban J connectivity index is 2.20. The Morgan fingerprint density at radius 3 is 3.05 bits per heavy atom. The van der Waals surface area contributed by atoms with E-state index in [0.29, 0.717) is 25.1 Å². The molecule has 2 heterocycles. The van der Waals surface area contributed by atoms with Gasteiger partial charge in [0.2, 0.25) is 0 Å². The van der Waals surface area contributed by atoms with E-state index < -0.39 is 6.10 Å². The first kappa shape index (κ1) is 13.8. The fourth-order valence-electron chi connectivity index (χ4n) is 2.23. The molecular formula is C14H21N3O2. The summed E-state index contributed by atoms with van der Waals surface area (Å²) in [5.41, 5.74) is 2.31. The maximum atomic E-state index is 12.4. The van der Waals surface area contributed by atoms with Crippen LogP contribution in [0.1, 0.15) is 35.8 Å². The van der Waals surface area contributed by atoms with Crippen molar-refractivity contribution in [1.29, 1.82) is 0 Å². The minimum atomic E-state index is -0.394. The molecule has 5 nitrogen and oxygen atoms in total. The fraction of sp³-hybridized carbons (Fsp3) is 0.571. The van der Waals surface area contributed by atoms with Crippen LogP contribution in [0.15, 0.2) is 12.3 Å². The third kappa shape index (κ3) is 3.23. The van der Waals surface area contributed by atoms with Gasteiger partial charge in [-0.15, -0.1) is 0 Å². The molecule has 0 saturated carbocycles. The largest absolute Gasteiger partial charge is 0.391 e. The maximum absolute atomic E-state index is 12.4. The zero-order valence-electron chi connectivity index (χ0n) is 11.5. The molecule has 2 N–H and O–H groups in total. The molecule has 0 bridgehead atoms. The number of hydrogen-bond donors (Lipinski definition) is 2. The summed E-state index contributed by atoms with van der Waals surface area (Å²) in [6.45, 7) is 5.84. The van der Waals surface area contributed by atoms with Crippen molar-refractivity contribution in [1.82, 2.24) is 9.88 Å². The molecule has 5 heteroatoms. The van der Waals surface area contributed by atoms with Crippen LogP contribution in [0.4, 0.5) is 5.69 Å². The second-order valence-electron chi connectivity index (χ2n) is 4.99. The van der Waals surface area contributed by atoms with Gasteiger partial charge in [-0.2, -0.15) is 0 Å². The number of aromatic nitrogens is 1. The lowest BCUT2D eigenvalue weighted by atomic mass is 10.2. The van der Waals surface area contributed by atoms with Crippen molar-refractivity contribution in [3.05, 3.63) is 23.5 Å². The first-order valence-electron chi connectivity index (χ1n) is 6.79. The van der Waals surface area contributed by atoms with Gasteiger partial charge < -0.3 is 15.3 Å². The van der Waals surface area contributed by atoms with Crippen molar-refractivity contribution in [2.45, 2.75) is 32.8 Å². The molecule has 1 amide bonds. The molecule has 1 unspecified atom stereocenters. The molecule has 104 valence electrons. The number of hydrogen-bond acceptors (Lipinski definition) is 4.